The number of hydrogen-bond acceptors (Lipinski definition) is 8. The molecule has 9 nitrogen and oxygen atoms in total. The topological polar surface area (TPSA) is 126 Å². The van der Waals surface area contributed by atoms with E-state index < -0.39 is 9.84 Å². The van der Waals surface area contributed by atoms with Crippen LogP contribution < -0.4 is 16.0 Å². The zero-order valence-electron chi connectivity index (χ0n) is 19.1. The minimum atomic E-state index is -3.76. The third-order valence-electron chi connectivity index (χ3n) is 6.13. The van der Waals surface area contributed by atoms with E-state index in [9.17, 15) is 13.2 Å². The summed E-state index contributed by atoms with van der Waals surface area (Å²) in [5.41, 5.74) is 6.99. The van der Waals surface area contributed by atoms with Gasteiger partial charge in [0.2, 0.25) is 9.84 Å². The van der Waals surface area contributed by atoms with Crippen LogP contribution in [0.25, 0.3) is 10.8 Å². The van der Waals surface area contributed by atoms with Crippen LogP contribution in [0, 0.1) is 0 Å². The minimum absolute atomic E-state index is 0.0869. The summed E-state index contributed by atoms with van der Waals surface area (Å²) >= 11 is 0. The van der Waals surface area contributed by atoms with E-state index in [1.54, 1.807) is 30.5 Å². The Hall–Kier alpha value is -3.50. The second-order valence-corrected chi connectivity index (χ2v) is 10.5. The van der Waals surface area contributed by atoms with Crippen LogP contribution in [-0.2, 0) is 27.5 Å². The van der Waals surface area contributed by atoms with Crippen LogP contribution in [-0.4, -0.2) is 43.9 Å². The predicted octanol–water partition coefficient (Wildman–Crippen LogP) is 2.60. The van der Waals surface area contributed by atoms with Crippen molar-refractivity contribution in [2.75, 3.05) is 13.2 Å². The smallest absolute Gasteiger partial charge is 0.274 e. The van der Waals surface area contributed by atoms with Crippen LogP contribution in [0.1, 0.15) is 24.8 Å². The molecule has 182 valence electrons. The molecular formula is C25H26N4O5S. The van der Waals surface area contributed by atoms with E-state index in [-0.39, 0.29) is 28.1 Å². The Kier molecular flexibility index (Phi) is 6.40. The summed E-state index contributed by atoms with van der Waals surface area (Å²) in [4.78, 5) is 17.6. The van der Waals surface area contributed by atoms with Crippen LogP contribution in [0.15, 0.2) is 73.9 Å². The lowest BCUT2D eigenvalue weighted by atomic mass is 10.2. The summed E-state index contributed by atoms with van der Waals surface area (Å²) in [6, 6.07) is 9.31. The molecule has 0 radical (unpaired) electrons. The van der Waals surface area contributed by atoms with Crippen molar-refractivity contribution in [3.63, 3.8) is 0 Å². The maximum Gasteiger partial charge on any atom is 0.274 e. The monoisotopic (exact) mass is 494 g/mol. The van der Waals surface area contributed by atoms with Gasteiger partial charge in [0.1, 0.15) is 12.0 Å². The molecule has 0 saturated carbocycles. The Balaban J connectivity index is 1.37. The van der Waals surface area contributed by atoms with Gasteiger partial charge in [0, 0.05) is 30.3 Å². The molecule has 2 N–H and O–H groups in total. The summed E-state index contributed by atoms with van der Waals surface area (Å²) in [5.74, 6) is 0.717. The third kappa shape index (κ3) is 4.85. The lowest BCUT2D eigenvalue weighted by Gasteiger charge is -2.18. The Morgan fingerprint density at radius 2 is 2.00 bits per heavy atom. The highest BCUT2D eigenvalue weighted by Crippen LogP contribution is 2.30. The van der Waals surface area contributed by atoms with E-state index >= 15 is 0 Å². The molecule has 1 unspecified atom stereocenters. The fourth-order valence-electron chi connectivity index (χ4n) is 4.21. The Bertz CT molecular complexity index is 1490. The largest absolute Gasteiger partial charge is 0.493 e. The summed E-state index contributed by atoms with van der Waals surface area (Å²) in [7, 11) is -3.76. The molecule has 5 rings (SSSR count). The summed E-state index contributed by atoms with van der Waals surface area (Å²) in [6.45, 7) is 1.35. The van der Waals surface area contributed by atoms with Crippen LogP contribution in [0.2, 0.25) is 0 Å². The van der Waals surface area contributed by atoms with Crippen LogP contribution in [0.5, 0.6) is 5.75 Å². The van der Waals surface area contributed by atoms with Crippen molar-refractivity contribution in [3.8, 4) is 5.75 Å². The fourth-order valence-corrected chi connectivity index (χ4v) is 5.56. The molecule has 0 spiro atoms. The van der Waals surface area contributed by atoms with Crippen molar-refractivity contribution in [1.29, 1.82) is 0 Å². The van der Waals surface area contributed by atoms with Crippen molar-refractivity contribution in [1.82, 2.24) is 9.78 Å². The van der Waals surface area contributed by atoms with Crippen LogP contribution in [0.3, 0.4) is 0 Å². The zero-order chi connectivity index (χ0) is 24.4. The van der Waals surface area contributed by atoms with Gasteiger partial charge in [0.25, 0.3) is 5.56 Å². The number of aliphatic imine (C=N–C) groups is 1. The van der Waals surface area contributed by atoms with E-state index in [1.165, 1.54) is 29.1 Å². The highest BCUT2D eigenvalue weighted by Gasteiger charge is 2.22. The lowest BCUT2D eigenvalue weighted by Crippen LogP contribution is -2.25. The molecule has 35 heavy (non-hydrogen) atoms. The number of hydrogen-bond donors (Lipinski definition) is 1. The van der Waals surface area contributed by atoms with Crippen molar-refractivity contribution >= 4 is 26.8 Å². The maximum atomic E-state index is 13.2. The predicted molar refractivity (Wildman–Crippen MR) is 131 cm³/mol. The fraction of sp³-hybridized carbons (Fsp3) is 0.320. The van der Waals surface area contributed by atoms with Gasteiger partial charge in [0.15, 0.2) is 0 Å². The van der Waals surface area contributed by atoms with Gasteiger partial charge in [-0.25, -0.2) is 13.1 Å². The minimum Gasteiger partial charge on any atom is -0.493 e. The Labute approximate surface area is 202 Å². The van der Waals surface area contributed by atoms with Crippen LogP contribution in [0.4, 0.5) is 0 Å². The molecule has 10 heteroatoms. The number of nitrogens with two attached hydrogens (primary N) is 1. The second kappa shape index (κ2) is 9.63. The molecule has 2 aliphatic rings. The highest BCUT2D eigenvalue weighted by atomic mass is 32.2. The van der Waals surface area contributed by atoms with Gasteiger partial charge in [0.05, 0.1) is 34.5 Å². The van der Waals surface area contributed by atoms with Gasteiger partial charge in [-0.05, 0) is 67.3 Å². The summed E-state index contributed by atoms with van der Waals surface area (Å²) in [6.07, 6.45) is 8.26. The van der Waals surface area contributed by atoms with Gasteiger partial charge in [-0.1, -0.05) is 0 Å². The summed E-state index contributed by atoms with van der Waals surface area (Å²) < 4.78 is 38.7. The molecule has 1 fully saturated rings. The van der Waals surface area contributed by atoms with Gasteiger partial charge >= 0.3 is 0 Å². The number of fused-ring (bicyclic) bond motifs is 2. The van der Waals surface area contributed by atoms with Gasteiger partial charge in [-0.2, -0.15) is 5.10 Å². The van der Waals surface area contributed by atoms with Gasteiger partial charge < -0.3 is 15.2 Å². The molecule has 2 aromatic carbocycles. The first-order chi connectivity index (χ1) is 16.9. The standard InChI is InChI=1S/C25H26N4O5S/c26-19(8-10-27-24-3-1-2-11-34-24)16-29-25(30)22-6-4-20(14-18(22)15-28-29)35(31,32)21-5-7-23-17(13-21)9-12-33-23/h4-8,10,13-15,24H,1-3,9,11-12,16,26H2/b19-8-,27-10+. The number of aromatic nitrogens is 2. The van der Waals surface area contributed by atoms with E-state index in [2.05, 4.69) is 10.1 Å². The maximum absolute atomic E-state index is 13.2. The Morgan fingerprint density at radius 3 is 2.83 bits per heavy atom. The lowest BCUT2D eigenvalue weighted by molar-refractivity contribution is 0.0227. The quantitative estimate of drug-likeness (QED) is 0.522. The first-order valence-electron chi connectivity index (χ1n) is 11.5. The Morgan fingerprint density at radius 1 is 1.17 bits per heavy atom. The molecule has 2 aliphatic heterocycles. The molecule has 3 aromatic rings. The highest BCUT2D eigenvalue weighted by molar-refractivity contribution is 7.91. The molecule has 0 aliphatic carbocycles. The number of nitrogens with zero attached hydrogens (tertiary/aromatic N) is 3. The number of ether oxygens (including phenoxy) is 2. The zero-order valence-corrected chi connectivity index (χ0v) is 19.9. The average molecular weight is 495 g/mol. The van der Waals surface area contributed by atoms with Gasteiger partial charge in [-0.3, -0.25) is 9.79 Å². The number of sulfone groups is 1. The molecule has 3 heterocycles. The first-order valence-corrected chi connectivity index (χ1v) is 13.0. The van der Waals surface area contributed by atoms with E-state index in [1.807, 2.05) is 0 Å². The molecule has 1 atom stereocenters. The molecule has 0 bridgehead atoms. The van der Waals surface area contributed by atoms with E-state index in [0.29, 0.717) is 41.9 Å². The number of allylic oxidation sites excluding steroid dienone is 2. The molecule has 1 aromatic heterocycles. The molecule has 0 amide bonds. The summed E-state index contributed by atoms with van der Waals surface area (Å²) in [5, 5.41) is 4.99. The number of rotatable bonds is 6. The third-order valence-corrected chi connectivity index (χ3v) is 7.88. The van der Waals surface area contributed by atoms with Crippen molar-refractivity contribution in [3.05, 3.63) is 70.3 Å². The first kappa shape index (κ1) is 23.3. The normalized spacial score (nSPS) is 18.6. The van der Waals surface area contributed by atoms with Crippen molar-refractivity contribution in [2.45, 2.75) is 48.2 Å². The van der Waals surface area contributed by atoms with Crippen LogP contribution >= 0.6 is 0 Å². The van der Waals surface area contributed by atoms with E-state index in [4.69, 9.17) is 15.2 Å². The van der Waals surface area contributed by atoms with Crippen molar-refractivity contribution in [2.24, 2.45) is 10.7 Å². The van der Waals surface area contributed by atoms with E-state index in [0.717, 1.165) is 24.8 Å². The SMILES string of the molecule is N/C(=C\C=N\C1CCCCO1)Cn1ncc2cc(S(=O)(=O)c3ccc4c(c3)CCO4)ccc2c1=O. The number of benzene rings is 2. The average Bonchev–Trinajstić information content (AvgIpc) is 3.34. The second-order valence-electron chi connectivity index (χ2n) is 8.59. The molecule has 1 saturated heterocycles. The molecular weight excluding hydrogens is 468 g/mol. The van der Waals surface area contributed by atoms with Crippen molar-refractivity contribution < 1.29 is 17.9 Å². The van der Waals surface area contributed by atoms with Gasteiger partial charge in [-0.15, -0.1) is 0 Å².